The maximum atomic E-state index is 14.3. The fraction of sp³-hybridized carbons (Fsp3) is 0.692. The van der Waals surface area contributed by atoms with Crippen LogP contribution in [0.5, 0.6) is 0 Å². The summed E-state index contributed by atoms with van der Waals surface area (Å²) in [6, 6.07) is 0. The van der Waals surface area contributed by atoms with E-state index in [1.165, 1.54) is 6.08 Å². The summed E-state index contributed by atoms with van der Waals surface area (Å²) in [6.45, 7) is 2.72. The molecule has 0 amide bonds. The van der Waals surface area contributed by atoms with Crippen LogP contribution in [0.4, 0.5) is 4.39 Å². The lowest BCUT2D eigenvalue weighted by Crippen LogP contribution is -2.42. The SMILES string of the molecule is CC1C=CC(S(=O)(=O)OCC2(F)CCNCC2)=CC1. The zero-order valence-corrected chi connectivity index (χ0v) is 11.9. The summed E-state index contributed by atoms with van der Waals surface area (Å²) >= 11 is 0. The zero-order chi connectivity index (χ0) is 13.9. The molecule has 1 heterocycles. The predicted octanol–water partition coefficient (Wildman–Crippen LogP) is 1.90. The molecule has 0 spiro atoms. The van der Waals surface area contributed by atoms with Gasteiger partial charge in [0.1, 0.15) is 12.3 Å². The van der Waals surface area contributed by atoms with E-state index in [0.29, 0.717) is 25.4 Å². The minimum absolute atomic E-state index is 0.142. The fourth-order valence-electron chi connectivity index (χ4n) is 2.16. The van der Waals surface area contributed by atoms with Crippen molar-refractivity contribution in [2.45, 2.75) is 31.9 Å². The molecule has 0 saturated carbocycles. The largest absolute Gasteiger partial charge is 0.316 e. The van der Waals surface area contributed by atoms with Crippen molar-refractivity contribution < 1.29 is 17.0 Å². The first-order valence-electron chi connectivity index (χ1n) is 6.59. The molecular weight excluding hydrogens is 269 g/mol. The average molecular weight is 289 g/mol. The van der Waals surface area contributed by atoms with Crippen molar-refractivity contribution in [3.05, 3.63) is 23.1 Å². The predicted molar refractivity (Wildman–Crippen MR) is 71.8 cm³/mol. The molecule has 1 unspecified atom stereocenters. The van der Waals surface area contributed by atoms with Crippen LogP contribution in [0.2, 0.25) is 0 Å². The lowest BCUT2D eigenvalue weighted by Gasteiger charge is -2.29. The third-order valence-electron chi connectivity index (χ3n) is 3.54. The minimum Gasteiger partial charge on any atom is -0.316 e. The van der Waals surface area contributed by atoms with E-state index in [0.717, 1.165) is 0 Å². The number of halogens is 1. The molecule has 0 bridgehead atoms. The normalized spacial score (nSPS) is 27.1. The van der Waals surface area contributed by atoms with Crippen molar-refractivity contribution in [1.82, 2.24) is 5.32 Å². The monoisotopic (exact) mass is 289 g/mol. The first-order chi connectivity index (χ1) is 8.91. The highest BCUT2D eigenvalue weighted by Gasteiger charge is 2.34. The Morgan fingerprint density at radius 3 is 2.74 bits per heavy atom. The Balaban J connectivity index is 1.96. The van der Waals surface area contributed by atoms with Crippen molar-refractivity contribution in [3.63, 3.8) is 0 Å². The Kier molecular flexibility index (Phi) is 4.43. The van der Waals surface area contributed by atoms with Gasteiger partial charge in [-0.2, -0.15) is 8.42 Å². The Bertz CT molecular complexity index is 478. The Morgan fingerprint density at radius 1 is 1.47 bits per heavy atom. The van der Waals surface area contributed by atoms with Gasteiger partial charge in [-0.25, -0.2) is 4.39 Å². The Morgan fingerprint density at radius 2 is 2.16 bits per heavy atom. The number of allylic oxidation sites excluding steroid dienone is 3. The molecule has 1 N–H and O–H groups in total. The number of hydrogen-bond donors (Lipinski definition) is 1. The van der Waals surface area contributed by atoms with Crippen molar-refractivity contribution >= 4 is 10.1 Å². The highest BCUT2D eigenvalue weighted by Crippen LogP contribution is 2.27. The van der Waals surface area contributed by atoms with Gasteiger partial charge in [-0.05, 0) is 44.3 Å². The van der Waals surface area contributed by atoms with Gasteiger partial charge in [0, 0.05) is 0 Å². The van der Waals surface area contributed by atoms with Gasteiger partial charge in [0.05, 0.1) is 4.91 Å². The van der Waals surface area contributed by atoms with Crippen LogP contribution >= 0.6 is 0 Å². The van der Waals surface area contributed by atoms with Gasteiger partial charge in [0.2, 0.25) is 0 Å². The first-order valence-corrected chi connectivity index (χ1v) is 8.00. The lowest BCUT2D eigenvalue weighted by atomic mass is 9.96. The van der Waals surface area contributed by atoms with Gasteiger partial charge in [-0.3, -0.25) is 4.18 Å². The van der Waals surface area contributed by atoms with Gasteiger partial charge in [0.15, 0.2) is 0 Å². The average Bonchev–Trinajstić information content (AvgIpc) is 2.38. The maximum absolute atomic E-state index is 14.3. The molecule has 0 aromatic carbocycles. The molecule has 0 aromatic heterocycles. The third-order valence-corrected chi connectivity index (χ3v) is 4.85. The van der Waals surface area contributed by atoms with Crippen LogP contribution in [-0.4, -0.2) is 33.8 Å². The molecule has 2 rings (SSSR count). The highest BCUT2D eigenvalue weighted by atomic mass is 32.2. The topological polar surface area (TPSA) is 55.4 Å². The van der Waals surface area contributed by atoms with Crippen LogP contribution < -0.4 is 5.32 Å². The van der Waals surface area contributed by atoms with Crippen LogP contribution in [0.1, 0.15) is 26.2 Å². The molecule has 2 aliphatic rings. The van der Waals surface area contributed by atoms with Crippen molar-refractivity contribution in [1.29, 1.82) is 0 Å². The lowest BCUT2D eigenvalue weighted by molar-refractivity contribution is 0.0573. The van der Waals surface area contributed by atoms with Crippen LogP contribution in [0, 0.1) is 5.92 Å². The summed E-state index contributed by atoms with van der Waals surface area (Å²) < 4.78 is 43.1. The van der Waals surface area contributed by atoms with E-state index in [1.807, 2.05) is 13.0 Å². The Hall–Kier alpha value is -0.720. The second-order valence-corrected chi connectivity index (χ2v) is 6.91. The molecule has 1 aliphatic heterocycles. The molecule has 0 radical (unpaired) electrons. The van der Waals surface area contributed by atoms with Gasteiger partial charge in [-0.1, -0.05) is 19.1 Å². The van der Waals surface area contributed by atoms with Crippen LogP contribution in [0.3, 0.4) is 0 Å². The van der Waals surface area contributed by atoms with E-state index in [1.54, 1.807) is 6.08 Å². The molecule has 1 atom stereocenters. The minimum atomic E-state index is -3.83. The summed E-state index contributed by atoms with van der Waals surface area (Å²) in [5.74, 6) is 0.330. The number of rotatable bonds is 4. The summed E-state index contributed by atoms with van der Waals surface area (Å²) in [4.78, 5) is 0.142. The van der Waals surface area contributed by atoms with Crippen molar-refractivity contribution in [2.75, 3.05) is 19.7 Å². The smallest absolute Gasteiger partial charge is 0.296 e. The van der Waals surface area contributed by atoms with Gasteiger partial charge < -0.3 is 5.32 Å². The van der Waals surface area contributed by atoms with Gasteiger partial charge in [0.25, 0.3) is 10.1 Å². The summed E-state index contributed by atoms with van der Waals surface area (Å²) in [5, 5.41) is 3.04. The molecular formula is C13H20FNO3S. The molecule has 0 aromatic rings. The van der Waals surface area contributed by atoms with E-state index in [4.69, 9.17) is 4.18 Å². The van der Waals surface area contributed by atoms with E-state index in [2.05, 4.69) is 5.32 Å². The van der Waals surface area contributed by atoms with E-state index in [-0.39, 0.29) is 17.7 Å². The number of nitrogens with one attached hydrogen (secondary N) is 1. The second-order valence-electron chi connectivity index (χ2n) is 5.30. The summed E-state index contributed by atoms with van der Waals surface area (Å²) in [7, 11) is -3.83. The van der Waals surface area contributed by atoms with Crippen molar-refractivity contribution in [3.8, 4) is 0 Å². The zero-order valence-electron chi connectivity index (χ0n) is 11.1. The highest BCUT2D eigenvalue weighted by molar-refractivity contribution is 7.90. The maximum Gasteiger partial charge on any atom is 0.296 e. The molecule has 19 heavy (non-hydrogen) atoms. The number of alkyl halides is 1. The number of hydrogen-bond acceptors (Lipinski definition) is 4. The van der Waals surface area contributed by atoms with Crippen molar-refractivity contribution in [2.24, 2.45) is 5.92 Å². The van der Waals surface area contributed by atoms with Crippen LogP contribution in [-0.2, 0) is 14.3 Å². The van der Waals surface area contributed by atoms with Gasteiger partial charge in [-0.15, -0.1) is 0 Å². The van der Waals surface area contributed by atoms with E-state index in [9.17, 15) is 12.8 Å². The Labute approximate surface area is 113 Å². The summed E-state index contributed by atoms with van der Waals surface area (Å²) in [5.41, 5.74) is -1.54. The molecule has 6 heteroatoms. The molecule has 108 valence electrons. The first kappa shape index (κ1) is 14.7. The number of piperidine rings is 1. The quantitative estimate of drug-likeness (QED) is 0.803. The van der Waals surface area contributed by atoms with Crippen LogP contribution in [0.25, 0.3) is 0 Å². The van der Waals surface area contributed by atoms with Crippen LogP contribution in [0.15, 0.2) is 23.1 Å². The second kappa shape index (κ2) is 5.73. The molecule has 4 nitrogen and oxygen atoms in total. The third kappa shape index (κ3) is 3.87. The molecule has 1 aliphatic carbocycles. The fourth-order valence-corrected chi connectivity index (χ4v) is 3.21. The molecule has 1 saturated heterocycles. The standard InChI is InChI=1S/C13H20FNO3S/c1-11-2-4-12(5-3-11)19(16,17)18-10-13(14)6-8-15-9-7-13/h2,4-5,11,15H,3,6-10H2,1H3. The van der Waals surface area contributed by atoms with Gasteiger partial charge >= 0.3 is 0 Å². The van der Waals surface area contributed by atoms with E-state index < -0.39 is 22.4 Å². The molecule has 1 fully saturated rings. The van der Waals surface area contributed by atoms with E-state index >= 15 is 0 Å². The summed E-state index contributed by atoms with van der Waals surface area (Å²) in [6.07, 6.45) is 6.23.